The highest BCUT2D eigenvalue weighted by atomic mass is 32.2. The Hall–Kier alpha value is -4.89. The first-order valence-corrected chi connectivity index (χ1v) is 14.7. The molecule has 0 aliphatic heterocycles. The van der Waals surface area contributed by atoms with Crippen molar-refractivity contribution in [3.05, 3.63) is 102 Å². The lowest BCUT2D eigenvalue weighted by Crippen LogP contribution is -2.25. The first-order valence-electron chi connectivity index (χ1n) is 12.8. The summed E-state index contributed by atoms with van der Waals surface area (Å²) in [4.78, 5) is 16.6. The number of carbonyl (C=O) groups is 1. The van der Waals surface area contributed by atoms with Gasteiger partial charge in [0, 0.05) is 53.3 Å². The number of aromatic nitrogens is 1. The highest BCUT2D eigenvalue weighted by molar-refractivity contribution is 7.92. The van der Waals surface area contributed by atoms with E-state index in [1.165, 1.54) is 42.7 Å². The third-order valence-electron chi connectivity index (χ3n) is 7.22. The molecule has 2 heterocycles. The topological polar surface area (TPSA) is 95.4 Å². The number of amides is 1. The van der Waals surface area contributed by atoms with Crippen molar-refractivity contribution < 1.29 is 22.0 Å². The molecule has 0 radical (unpaired) electrons. The monoisotopic (exact) mass is 567 g/mol. The van der Waals surface area contributed by atoms with Crippen LogP contribution >= 0.6 is 0 Å². The highest BCUT2D eigenvalue weighted by Gasteiger charge is 2.26. The van der Waals surface area contributed by atoms with Gasteiger partial charge in [-0.3, -0.25) is 9.10 Å². The summed E-state index contributed by atoms with van der Waals surface area (Å²) in [5.74, 6) is -0.540. The Morgan fingerprint density at radius 3 is 2.34 bits per heavy atom. The van der Waals surface area contributed by atoms with Crippen molar-refractivity contribution in [3.63, 3.8) is 0 Å². The number of aromatic amines is 1. The van der Waals surface area contributed by atoms with E-state index in [4.69, 9.17) is 4.42 Å². The molecule has 206 valence electrons. The molecule has 6 rings (SSSR count). The van der Waals surface area contributed by atoms with Crippen LogP contribution in [0.2, 0.25) is 0 Å². The lowest BCUT2D eigenvalue weighted by atomic mass is 9.97. The number of benzene rings is 4. The second-order valence-corrected chi connectivity index (χ2v) is 11.9. The molecule has 9 heteroatoms. The Kier molecular flexibility index (Phi) is 6.38. The van der Waals surface area contributed by atoms with Gasteiger partial charge in [0.2, 0.25) is 10.0 Å². The van der Waals surface area contributed by atoms with Gasteiger partial charge in [-0.05, 0) is 59.7 Å². The van der Waals surface area contributed by atoms with Crippen LogP contribution in [0.5, 0.6) is 0 Å². The number of anilines is 1. The highest BCUT2D eigenvalue weighted by Crippen LogP contribution is 2.42. The molecule has 0 aliphatic rings. The zero-order valence-electron chi connectivity index (χ0n) is 22.5. The molecule has 2 N–H and O–H groups in total. The number of hydrogen-bond acceptors (Lipinski definition) is 4. The van der Waals surface area contributed by atoms with Gasteiger partial charge in [-0.1, -0.05) is 36.4 Å². The van der Waals surface area contributed by atoms with Crippen LogP contribution < -0.4 is 9.62 Å². The normalized spacial score (nSPS) is 11.7. The van der Waals surface area contributed by atoms with E-state index in [0.717, 1.165) is 34.0 Å². The fourth-order valence-corrected chi connectivity index (χ4v) is 5.55. The number of rotatable bonds is 6. The van der Waals surface area contributed by atoms with Gasteiger partial charge in [0.25, 0.3) is 5.91 Å². The summed E-state index contributed by atoms with van der Waals surface area (Å²) in [6, 6.07) is 26.9. The first-order chi connectivity index (χ1) is 19.6. The standard InChI is InChI=1S/C32H26FN3O4S/c1-34-32(37)30-25-17-24(20-8-6-9-21(15-20)27-16-22-7-4-5-10-26(22)35-27)28(36(2)41(3,38)39)18-29(25)40-31(30)19-11-13-23(33)14-12-19/h4-18,35H,1-3H3,(H,34,37). The van der Waals surface area contributed by atoms with Crippen LogP contribution in [0.3, 0.4) is 0 Å². The lowest BCUT2D eigenvalue weighted by molar-refractivity contribution is 0.0964. The van der Waals surface area contributed by atoms with Crippen molar-refractivity contribution in [3.8, 4) is 33.7 Å². The van der Waals surface area contributed by atoms with Gasteiger partial charge in [0.1, 0.15) is 17.2 Å². The number of nitrogens with one attached hydrogen (secondary N) is 2. The molecule has 0 fully saturated rings. The van der Waals surface area contributed by atoms with Gasteiger partial charge in [0.05, 0.1) is 17.5 Å². The number of fused-ring (bicyclic) bond motifs is 2. The van der Waals surface area contributed by atoms with E-state index in [0.29, 0.717) is 27.8 Å². The molecule has 7 nitrogen and oxygen atoms in total. The van der Waals surface area contributed by atoms with E-state index in [1.807, 2.05) is 48.5 Å². The van der Waals surface area contributed by atoms with Crippen LogP contribution in [-0.2, 0) is 10.0 Å². The molecule has 4 aromatic carbocycles. The third-order valence-corrected chi connectivity index (χ3v) is 8.41. The zero-order valence-corrected chi connectivity index (χ0v) is 23.3. The van der Waals surface area contributed by atoms with Crippen molar-refractivity contribution in [1.82, 2.24) is 10.3 Å². The average molecular weight is 568 g/mol. The van der Waals surface area contributed by atoms with Gasteiger partial charge in [-0.15, -0.1) is 0 Å². The SMILES string of the molecule is CNC(=O)c1c(-c2ccc(F)cc2)oc2cc(N(C)S(C)(=O)=O)c(-c3cccc(-c4cc5ccccc5[nH]4)c3)cc12. The summed E-state index contributed by atoms with van der Waals surface area (Å²) in [7, 11) is -0.654. The van der Waals surface area contributed by atoms with Gasteiger partial charge >= 0.3 is 0 Å². The number of hydrogen-bond donors (Lipinski definition) is 2. The summed E-state index contributed by atoms with van der Waals surface area (Å²) in [5.41, 5.74) is 5.69. The average Bonchev–Trinajstić information content (AvgIpc) is 3.57. The lowest BCUT2D eigenvalue weighted by Gasteiger charge is -2.21. The Labute approximate surface area is 236 Å². The largest absolute Gasteiger partial charge is 0.455 e. The molecular formula is C32H26FN3O4S. The molecule has 0 bridgehead atoms. The number of para-hydroxylation sites is 1. The predicted molar refractivity (Wildman–Crippen MR) is 161 cm³/mol. The van der Waals surface area contributed by atoms with E-state index in [-0.39, 0.29) is 17.2 Å². The fourth-order valence-electron chi connectivity index (χ4n) is 5.04. The quantitative estimate of drug-likeness (QED) is 0.231. The van der Waals surface area contributed by atoms with Crippen LogP contribution in [0.4, 0.5) is 10.1 Å². The van der Waals surface area contributed by atoms with E-state index < -0.39 is 15.8 Å². The van der Waals surface area contributed by atoms with Crippen LogP contribution in [0.25, 0.3) is 55.6 Å². The Morgan fingerprint density at radius 1 is 0.902 bits per heavy atom. The van der Waals surface area contributed by atoms with E-state index >= 15 is 0 Å². The van der Waals surface area contributed by atoms with E-state index in [9.17, 15) is 17.6 Å². The molecule has 41 heavy (non-hydrogen) atoms. The molecular weight excluding hydrogens is 541 g/mol. The Balaban J connectivity index is 1.61. The minimum atomic E-state index is -3.65. The van der Waals surface area contributed by atoms with Gasteiger partial charge in [-0.25, -0.2) is 12.8 Å². The zero-order chi connectivity index (χ0) is 28.9. The molecule has 0 saturated heterocycles. The van der Waals surface area contributed by atoms with E-state index in [2.05, 4.69) is 16.4 Å². The number of H-pyrrole nitrogens is 1. The number of furan rings is 1. The number of nitrogens with zero attached hydrogens (tertiary/aromatic N) is 1. The van der Waals surface area contributed by atoms with Crippen LogP contribution in [0.15, 0.2) is 95.4 Å². The van der Waals surface area contributed by atoms with E-state index in [1.54, 1.807) is 12.1 Å². The molecule has 2 aromatic heterocycles. The molecule has 0 unspecified atom stereocenters. The van der Waals surface area contributed by atoms with Crippen molar-refractivity contribution in [2.75, 3.05) is 24.7 Å². The van der Waals surface area contributed by atoms with Crippen molar-refractivity contribution in [1.29, 1.82) is 0 Å². The first kappa shape index (κ1) is 26.3. The maximum absolute atomic E-state index is 13.7. The fraction of sp³-hybridized carbons (Fsp3) is 0.0938. The van der Waals surface area contributed by atoms with Gasteiger partial charge in [0.15, 0.2) is 0 Å². The molecule has 0 atom stereocenters. The summed E-state index contributed by atoms with van der Waals surface area (Å²) < 4.78 is 46.4. The number of carbonyl (C=O) groups excluding carboxylic acids is 1. The van der Waals surface area contributed by atoms with Crippen molar-refractivity contribution in [2.45, 2.75) is 0 Å². The van der Waals surface area contributed by atoms with Gasteiger partial charge < -0.3 is 14.7 Å². The second-order valence-electron chi connectivity index (χ2n) is 9.84. The Morgan fingerprint density at radius 2 is 1.63 bits per heavy atom. The van der Waals surface area contributed by atoms with Crippen LogP contribution in [0, 0.1) is 5.82 Å². The minimum Gasteiger partial charge on any atom is -0.455 e. The minimum absolute atomic E-state index is 0.260. The summed E-state index contributed by atoms with van der Waals surface area (Å²) in [6.45, 7) is 0. The summed E-state index contributed by atoms with van der Waals surface area (Å²) in [5, 5.41) is 4.24. The molecule has 0 spiro atoms. The van der Waals surface area contributed by atoms with Crippen molar-refractivity contribution >= 4 is 43.5 Å². The summed E-state index contributed by atoms with van der Waals surface area (Å²) >= 11 is 0. The summed E-state index contributed by atoms with van der Waals surface area (Å²) in [6.07, 6.45) is 1.13. The number of sulfonamides is 1. The maximum atomic E-state index is 13.7. The molecule has 6 aromatic rings. The van der Waals surface area contributed by atoms with Gasteiger partial charge in [-0.2, -0.15) is 0 Å². The Bertz CT molecular complexity index is 2030. The smallest absolute Gasteiger partial charge is 0.255 e. The maximum Gasteiger partial charge on any atom is 0.255 e. The number of halogens is 1. The molecule has 0 aliphatic carbocycles. The molecule has 1 amide bonds. The van der Waals surface area contributed by atoms with Crippen LogP contribution in [0.1, 0.15) is 10.4 Å². The second kappa shape index (κ2) is 9.94. The van der Waals surface area contributed by atoms with Crippen molar-refractivity contribution in [2.24, 2.45) is 0 Å². The molecule has 0 saturated carbocycles. The third kappa shape index (κ3) is 4.74. The van der Waals surface area contributed by atoms with Crippen LogP contribution in [-0.4, -0.2) is 39.7 Å². The predicted octanol–water partition coefficient (Wildman–Crippen LogP) is 6.81.